The number of hydrogen-bond acceptors (Lipinski definition) is 6. The van der Waals surface area contributed by atoms with Crippen LogP contribution >= 0.6 is 0 Å². The number of aromatic nitrogens is 1. The summed E-state index contributed by atoms with van der Waals surface area (Å²) in [4.78, 5) is 17.5. The van der Waals surface area contributed by atoms with Gasteiger partial charge in [0.2, 0.25) is 0 Å². The van der Waals surface area contributed by atoms with Crippen LogP contribution in [0.25, 0.3) is 0 Å². The van der Waals surface area contributed by atoms with Crippen molar-refractivity contribution in [1.82, 2.24) is 4.98 Å². The fourth-order valence-electron chi connectivity index (χ4n) is 4.88. The van der Waals surface area contributed by atoms with E-state index in [0.717, 1.165) is 24.5 Å². The maximum atomic E-state index is 13.4. The van der Waals surface area contributed by atoms with Crippen molar-refractivity contribution in [2.24, 2.45) is 11.8 Å². The summed E-state index contributed by atoms with van der Waals surface area (Å²) >= 11 is 0. The molecule has 1 N–H and O–H groups in total. The summed E-state index contributed by atoms with van der Waals surface area (Å²) in [6, 6.07) is 7.88. The largest absolute Gasteiger partial charge is 0.490 e. The van der Waals surface area contributed by atoms with Crippen LogP contribution in [0.4, 0.5) is 19.0 Å². The Hall–Kier alpha value is -2.81. The Kier molecular flexibility index (Phi) is 7.02. The molecule has 3 heterocycles. The number of benzene rings is 1. The number of piperidine rings is 1. The first-order chi connectivity index (χ1) is 16.2. The van der Waals surface area contributed by atoms with Crippen LogP contribution in [-0.2, 0) is 22.1 Å². The number of nitrogens with zero attached hydrogens (tertiary/aromatic N) is 2. The molecule has 4 rings (SSSR count). The summed E-state index contributed by atoms with van der Waals surface area (Å²) in [6.45, 7) is 2.57. The normalized spacial score (nSPS) is 20.8. The van der Waals surface area contributed by atoms with E-state index in [-0.39, 0.29) is 17.8 Å². The standard InChI is InChI=1S/C25H29F3N2O4/c1-15(24(32)33-2)22(31)18-6-5-16-7-8-20(34-21(16)14-18)17-9-12-30(13-10-17)23-19(25(26,27)28)4-3-11-29-23/h3-6,11,14-15,17,20,22,31H,7-10,12-13H2,1-2H3/t15-,20?,22+/m0/s1. The predicted octanol–water partition coefficient (Wildman–Crippen LogP) is 4.55. The van der Waals surface area contributed by atoms with Crippen molar-refractivity contribution < 1.29 is 32.5 Å². The van der Waals surface area contributed by atoms with Crippen LogP contribution in [-0.4, -0.2) is 42.4 Å². The molecule has 184 valence electrons. The van der Waals surface area contributed by atoms with Crippen LogP contribution in [0.3, 0.4) is 0 Å². The van der Waals surface area contributed by atoms with Crippen molar-refractivity contribution in [1.29, 1.82) is 0 Å². The molecule has 3 atom stereocenters. The highest BCUT2D eigenvalue weighted by molar-refractivity contribution is 5.72. The lowest BCUT2D eigenvalue weighted by atomic mass is 9.85. The van der Waals surface area contributed by atoms with Crippen LogP contribution in [0.5, 0.6) is 5.75 Å². The van der Waals surface area contributed by atoms with Crippen LogP contribution in [0.15, 0.2) is 36.5 Å². The second kappa shape index (κ2) is 9.82. The Morgan fingerprint density at radius 1 is 1.24 bits per heavy atom. The van der Waals surface area contributed by atoms with Crippen LogP contribution in [0.2, 0.25) is 0 Å². The summed E-state index contributed by atoms with van der Waals surface area (Å²) in [5.41, 5.74) is 0.921. The number of halogens is 3. The molecule has 6 nitrogen and oxygen atoms in total. The Bertz CT molecular complexity index is 1020. The van der Waals surface area contributed by atoms with Crippen LogP contribution in [0.1, 0.15) is 49.0 Å². The fourth-order valence-corrected chi connectivity index (χ4v) is 4.88. The predicted molar refractivity (Wildman–Crippen MR) is 119 cm³/mol. The van der Waals surface area contributed by atoms with E-state index >= 15 is 0 Å². The third-order valence-electron chi connectivity index (χ3n) is 6.91. The third-order valence-corrected chi connectivity index (χ3v) is 6.91. The number of pyridine rings is 1. The number of alkyl halides is 3. The van der Waals surface area contributed by atoms with E-state index in [1.165, 1.54) is 19.4 Å². The van der Waals surface area contributed by atoms with Crippen molar-refractivity contribution in [3.05, 3.63) is 53.2 Å². The lowest BCUT2D eigenvalue weighted by molar-refractivity contribution is -0.148. The number of esters is 1. The van der Waals surface area contributed by atoms with Gasteiger partial charge in [-0.1, -0.05) is 12.1 Å². The van der Waals surface area contributed by atoms with E-state index in [9.17, 15) is 23.1 Å². The molecule has 1 aromatic carbocycles. The van der Waals surface area contributed by atoms with Gasteiger partial charge in [-0.3, -0.25) is 4.79 Å². The quantitative estimate of drug-likeness (QED) is 0.636. The number of aliphatic hydroxyl groups is 1. The summed E-state index contributed by atoms with van der Waals surface area (Å²) in [5, 5.41) is 10.6. The van der Waals surface area contributed by atoms with Crippen LogP contribution in [0, 0.1) is 11.8 Å². The molecule has 1 unspecified atom stereocenters. The molecular weight excluding hydrogens is 449 g/mol. The van der Waals surface area contributed by atoms with E-state index < -0.39 is 29.7 Å². The Labute approximate surface area is 196 Å². The molecule has 0 aliphatic carbocycles. The zero-order valence-corrected chi connectivity index (χ0v) is 19.2. The average Bonchev–Trinajstić information content (AvgIpc) is 2.86. The van der Waals surface area contributed by atoms with Gasteiger partial charge in [-0.15, -0.1) is 0 Å². The number of hydrogen-bond donors (Lipinski definition) is 1. The number of anilines is 1. The van der Waals surface area contributed by atoms with Crippen molar-refractivity contribution in [3.8, 4) is 5.75 Å². The minimum Gasteiger partial charge on any atom is -0.490 e. The molecule has 2 aromatic rings. The van der Waals surface area contributed by atoms with Gasteiger partial charge in [-0.25, -0.2) is 4.98 Å². The number of aliphatic hydroxyl groups excluding tert-OH is 1. The first-order valence-corrected chi connectivity index (χ1v) is 11.5. The molecule has 9 heteroatoms. The van der Waals surface area contributed by atoms with Crippen molar-refractivity contribution in [2.75, 3.05) is 25.1 Å². The average molecular weight is 479 g/mol. The molecule has 0 amide bonds. The number of methoxy groups -OCH3 is 1. The Balaban J connectivity index is 1.42. The summed E-state index contributed by atoms with van der Waals surface area (Å²) in [7, 11) is 1.29. The van der Waals surface area contributed by atoms with Gasteiger partial charge < -0.3 is 19.5 Å². The summed E-state index contributed by atoms with van der Waals surface area (Å²) in [6.07, 6.45) is -1.05. The lowest BCUT2D eigenvalue weighted by Crippen LogP contribution is -2.41. The number of carbonyl (C=O) groups is 1. The maximum Gasteiger partial charge on any atom is 0.419 e. The molecule has 1 fully saturated rings. The van der Waals surface area contributed by atoms with Crippen molar-refractivity contribution in [3.63, 3.8) is 0 Å². The first kappa shape index (κ1) is 24.3. The summed E-state index contributed by atoms with van der Waals surface area (Å²) in [5.74, 6) is -0.305. The molecule has 0 bridgehead atoms. The van der Waals surface area contributed by atoms with E-state index in [0.29, 0.717) is 37.2 Å². The van der Waals surface area contributed by atoms with Crippen LogP contribution < -0.4 is 9.64 Å². The summed E-state index contributed by atoms with van der Waals surface area (Å²) < 4.78 is 51.2. The van der Waals surface area contributed by atoms with E-state index in [1.807, 2.05) is 6.07 Å². The molecule has 2 aliphatic heterocycles. The molecule has 1 aromatic heterocycles. The van der Waals surface area contributed by atoms with Gasteiger partial charge in [-0.2, -0.15) is 13.2 Å². The van der Waals surface area contributed by atoms with Gasteiger partial charge in [0.25, 0.3) is 0 Å². The molecule has 2 aliphatic rings. The molecule has 34 heavy (non-hydrogen) atoms. The third kappa shape index (κ3) is 4.99. The highest BCUT2D eigenvalue weighted by Crippen LogP contribution is 2.39. The highest BCUT2D eigenvalue weighted by atomic mass is 19.4. The zero-order chi connectivity index (χ0) is 24.5. The SMILES string of the molecule is COC(=O)[C@@H](C)[C@@H](O)c1ccc2c(c1)OC(C1CCN(c3ncccc3C(F)(F)F)CC1)CC2. The number of rotatable bonds is 5. The monoisotopic (exact) mass is 478 g/mol. The van der Waals surface area contributed by atoms with Crippen molar-refractivity contribution >= 4 is 11.8 Å². The molecular formula is C25H29F3N2O4. The maximum absolute atomic E-state index is 13.4. The van der Waals surface area contributed by atoms with Crippen molar-refractivity contribution in [2.45, 2.75) is 51.0 Å². The number of carbonyl (C=O) groups excluding carboxylic acids is 1. The minimum atomic E-state index is -4.44. The highest BCUT2D eigenvalue weighted by Gasteiger charge is 2.38. The number of ether oxygens (including phenoxy) is 2. The smallest absolute Gasteiger partial charge is 0.419 e. The molecule has 1 saturated heterocycles. The van der Waals surface area contributed by atoms with E-state index in [2.05, 4.69) is 4.98 Å². The molecule has 0 radical (unpaired) electrons. The zero-order valence-electron chi connectivity index (χ0n) is 19.2. The van der Waals surface area contributed by atoms with Gasteiger partial charge in [-0.05, 0) is 67.9 Å². The number of fused-ring (bicyclic) bond motifs is 1. The minimum absolute atomic E-state index is 0.0123. The van der Waals surface area contributed by atoms with Gasteiger partial charge in [0.1, 0.15) is 17.7 Å². The van der Waals surface area contributed by atoms with E-state index in [1.54, 1.807) is 24.0 Å². The van der Waals surface area contributed by atoms with Gasteiger partial charge in [0, 0.05) is 19.3 Å². The second-order valence-corrected chi connectivity index (χ2v) is 9.02. The van der Waals surface area contributed by atoms with Gasteiger partial charge in [0.15, 0.2) is 0 Å². The molecule has 0 saturated carbocycles. The number of aryl methyl sites for hydroxylation is 1. The Morgan fingerprint density at radius 2 is 1.97 bits per heavy atom. The first-order valence-electron chi connectivity index (χ1n) is 11.5. The Morgan fingerprint density at radius 3 is 2.65 bits per heavy atom. The topological polar surface area (TPSA) is 71.9 Å². The van der Waals surface area contributed by atoms with E-state index in [4.69, 9.17) is 9.47 Å². The lowest BCUT2D eigenvalue weighted by Gasteiger charge is -2.39. The van der Waals surface area contributed by atoms with Gasteiger partial charge >= 0.3 is 12.1 Å². The second-order valence-electron chi connectivity index (χ2n) is 9.02. The molecule has 0 spiro atoms. The van der Waals surface area contributed by atoms with Gasteiger partial charge in [0.05, 0.1) is 24.7 Å². The fraction of sp³-hybridized carbons (Fsp3) is 0.520.